The van der Waals surface area contributed by atoms with E-state index in [1.54, 1.807) is 0 Å². The molecule has 0 radical (unpaired) electrons. The van der Waals surface area contributed by atoms with Gasteiger partial charge in [-0.15, -0.1) is 0 Å². The van der Waals surface area contributed by atoms with E-state index in [0.29, 0.717) is 0 Å². The van der Waals surface area contributed by atoms with E-state index in [9.17, 15) is 18.0 Å². The van der Waals surface area contributed by atoms with Crippen LogP contribution in [0.25, 0.3) is 0 Å². The minimum atomic E-state index is -4.85. The molecule has 3 fully saturated rings. The van der Waals surface area contributed by atoms with Gasteiger partial charge in [0, 0.05) is 0 Å². The van der Waals surface area contributed by atoms with Crippen LogP contribution in [0.15, 0.2) is 0 Å². The molecule has 2 nitrogen and oxygen atoms in total. The summed E-state index contributed by atoms with van der Waals surface area (Å²) in [5.41, 5.74) is 0.792. The van der Waals surface area contributed by atoms with Crippen molar-refractivity contribution in [3.63, 3.8) is 0 Å². The van der Waals surface area contributed by atoms with Crippen LogP contribution in [0.2, 0.25) is 0 Å². The van der Waals surface area contributed by atoms with Crippen molar-refractivity contribution in [1.82, 2.24) is 0 Å². The molecule has 3 aliphatic rings. The van der Waals surface area contributed by atoms with Crippen molar-refractivity contribution >= 4 is 13.5 Å². The van der Waals surface area contributed by atoms with Crippen molar-refractivity contribution in [1.29, 1.82) is 0 Å². The average molecular weight is 352 g/mol. The molecular formula is C17H28F3O2P. The molecule has 0 aliphatic heterocycles. The molecule has 0 spiro atoms. The monoisotopic (exact) mass is 352 g/mol. The summed E-state index contributed by atoms with van der Waals surface area (Å²) in [5.74, 6) is -1.89. The molecule has 0 N–H and O–H groups in total. The van der Waals surface area contributed by atoms with Crippen LogP contribution in [0.4, 0.5) is 13.2 Å². The van der Waals surface area contributed by atoms with Gasteiger partial charge in [0.2, 0.25) is 0 Å². The summed E-state index contributed by atoms with van der Waals surface area (Å²) in [6, 6.07) is 0. The fourth-order valence-electron chi connectivity index (χ4n) is 5.60. The first-order valence-corrected chi connectivity index (χ1v) is 11.4. The maximum absolute atomic E-state index is 13.0. The summed E-state index contributed by atoms with van der Waals surface area (Å²) in [7, 11) is -2.74. The van der Waals surface area contributed by atoms with Crippen molar-refractivity contribution in [2.75, 3.05) is 0 Å². The first kappa shape index (κ1) is 17.5. The summed E-state index contributed by atoms with van der Waals surface area (Å²) in [4.78, 5) is 11.8. The predicted octanol–water partition coefficient (Wildman–Crippen LogP) is 5.58. The van der Waals surface area contributed by atoms with Gasteiger partial charge in [-0.3, -0.25) is 0 Å². The molecule has 3 saturated carbocycles. The topological polar surface area (TPSA) is 26.3 Å². The Morgan fingerprint density at radius 3 is 1.30 bits per heavy atom. The van der Waals surface area contributed by atoms with E-state index in [-0.39, 0.29) is 17.0 Å². The zero-order chi connectivity index (χ0) is 16.5. The number of carbonyl (C=O) groups is 1. The molecule has 3 rings (SSSR count). The molecule has 3 aliphatic carbocycles. The second-order valence-electron chi connectivity index (χ2n) is 7.68. The fraction of sp³-hybridized carbons (Fsp3) is 0.941. The van der Waals surface area contributed by atoms with Gasteiger partial charge < -0.3 is 0 Å². The van der Waals surface area contributed by atoms with Crippen LogP contribution in [-0.2, 0) is 9.32 Å². The van der Waals surface area contributed by atoms with Crippen LogP contribution in [-0.4, -0.2) is 29.1 Å². The molecule has 0 heterocycles. The maximum atomic E-state index is 13.0. The Hall–Kier alpha value is -0.310. The molecular weight excluding hydrogens is 324 g/mol. The van der Waals surface area contributed by atoms with E-state index in [2.05, 4.69) is 0 Å². The molecule has 0 aromatic rings. The molecule has 0 unspecified atom stereocenters. The first-order valence-electron chi connectivity index (χ1n) is 9.24. The summed E-state index contributed by atoms with van der Waals surface area (Å²) in [6.45, 7) is 0. The quantitative estimate of drug-likeness (QED) is 0.617. The van der Waals surface area contributed by atoms with Crippen LogP contribution < -0.4 is 0 Å². The van der Waals surface area contributed by atoms with Crippen LogP contribution in [0.3, 0.4) is 0 Å². The molecule has 23 heavy (non-hydrogen) atoms. The predicted molar refractivity (Wildman–Crippen MR) is 87.2 cm³/mol. The molecule has 0 bridgehead atoms. The summed E-state index contributed by atoms with van der Waals surface area (Å²) < 4.78 is 44.6. The molecule has 6 heteroatoms. The Labute approximate surface area is 137 Å². The van der Waals surface area contributed by atoms with Gasteiger partial charge in [0.1, 0.15) is 0 Å². The Morgan fingerprint density at radius 2 is 1.04 bits per heavy atom. The third-order valence-corrected chi connectivity index (χ3v) is 12.6. The summed E-state index contributed by atoms with van der Waals surface area (Å²) in [5, 5.41) is 0. The van der Waals surface area contributed by atoms with E-state index in [1.807, 2.05) is 0 Å². The van der Waals surface area contributed by atoms with Crippen LogP contribution in [0.5, 0.6) is 0 Å². The van der Waals surface area contributed by atoms with Gasteiger partial charge >= 0.3 is 136 Å². The Kier molecular flexibility index (Phi) is 5.25. The van der Waals surface area contributed by atoms with Crippen molar-refractivity contribution < 1.29 is 22.5 Å². The Balaban J connectivity index is 1.95. The number of hydrogen-bond donors (Lipinski definition) is 0. The number of carbonyl (C=O) groups excluding carboxylic acids is 1. The number of hydrogen-bond acceptors (Lipinski definition) is 2. The van der Waals surface area contributed by atoms with Crippen molar-refractivity contribution in [3.8, 4) is 0 Å². The summed E-state index contributed by atoms with van der Waals surface area (Å²) >= 11 is 0. The first-order chi connectivity index (χ1) is 10.9. The van der Waals surface area contributed by atoms with Crippen LogP contribution >= 0.6 is 7.49 Å². The van der Waals surface area contributed by atoms with E-state index >= 15 is 0 Å². The van der Waals surface area contributed by atoms with E-state index in [1.165, 1.54) is 0 Å². The molecule has 0 saturated heterocycles. The average Bonchev–Trinajstić information content (AvgIpc) is 3.27. The second-order valence-corrected chi connectivity index (χ2v) is 12.0. The third-order valence-electron chi connectivity index (χ3n) is 6.48. The van der Waals surface area contributed by atoms with E-state index < -0.39 is 19.6 Å². The van der Waals surface area contributed by atoms with Crippen molar-refractivity contribution in [2.45, 2.75) is 100 Å². The Bertz CT molecular complexity index is 379. The molecule has 0 aromatic heterocycles. The van der Waals surface area contributed by atoms with Crippen molar-refractivity contribution in [3.05, 3.63) is 0 Å². The van der Waals surface area contributed by atoms with Crippen LogP contribution in [0.1, 0.15) is 77.0 Å². The SMILES string of the molecule is O=C(O[PH](C1CCCC1)(C1CCCC1)C1CCCC1)C(F)(F)F. The van der Waals surface area contributed by atoms with Gasteiger partial charge in [-0.1, -0.05) is 0 Å². The number of alkyl halides is 3. The zero-order valence-corrected chi connectivity index (χ0v) is 14.7. The molecule has 0 amide bonds. The minimum absolute atomic E-state index is 0.264. The van der Waals surface area contributed by atoms with Gasteiger partial charge in [-0.25, -0.2) is 0 Å². The van der Waals surface area contributed by atoms with Gasteiger partial charge in [0.25, 0.3) is 0 Å². The van der Waals surface area contributed by atoms with Gasteiger partial charge in [-0.05, 0) is 0 Å². The Morgan fingerprint density at radius 1 is 0.739 bits per heavy atom. The zero-order valence-electron chi connectivity index (χ0n) is 13.7. The fourth-order valence-corrected chi connectivity index (χ4v) is 12.5. The van der Waals surface area contributed by atoms with E-state index in [0.717, 1.165) is 77.0 Å². The number of rotatable bonds is 4. The normalized spacial score (nSPS) is 26.0. The van der Waals surface area contributed by atoms with Crippen LogP contribution in [0, 0.1) is 0 Å². The number of halogens is 3. The second kappa shape index (κ2) is 6.90. The van der Waals surface area contributed by atoms with Gasteiger partial charge in [0.15, 0.2) is 0 Å². The third kappa shape index (κ3) is 3.41. The summed E-state index contributed by atoms with van der Waals surface area (Å²) in [6.07, 6.45) is 7.52. The molecule has 0 atom stereocenters. The molecule has 134 valence electrons. The van der Waals surface area contributed by atoms with Gasteiger partial charge in [0.05, 0.1) is 0 Å². The van der Waals surface area contributed by atoms with Crippen molar-refractivity contribution in [2.24, 2.45) is 0 Å². The van der Waals surface area contributed by atoms with E-state index in [4.69, 9.17) is 4.52 Å². The molecule has 0 aromatic carbocycles. The standard InChI is InChI=1S/C17H28F3O2P/c18-17(19,20)16(21)22-23(13-7-1-2-8-13,14-9-3-4-10-14)15-11-5-6-12-15/h13-15,23H,1-12H2. The van der Waals surface area contributed by atoms with Gasteiger partial charge in [-0.2, -0.15) is 0 Å².